The van der Waals surface area contributed by atoms with Gasteiger partial charge in [-0.25, -0.2) is 4.98 Å². The molecule has 0 radical (unpaired) electrons. The molecule has 2 aromatic carbocycles. The molecule has 2 heterocycles. The summed E-state index contributed by atoms with van der Waals surface area (Å²) < 4.78 is 17.0. The van der Waals surface area contributed by atoms with Crippen LogP contribution in [0.5, 0.6) is 17.2 Å². The monoisotopic (exact) mass is 300 g/mol. The first-order valence-electron chi connectivity index (χ1n) is 6.43. The third-order valence-electron chi connectivity index (χ3n) is 3.22. The van der Waals surface area contributed by atoms with Gasteiger partial charge in [-0.2, -0.15) is 0 Å². The van der Waals surface area contributed by atoms with Crippen LogP contribution >= 0.6 is 11.3 Å². The van der Waals surface area contributed by atoms with Gasteiger partial charge in [0.15, 0.2) is 16.6 Å². The average Bonchev–Trinajstić information content (AvgIpc) is 3.10. The number of benzene rings is 2. The standard InChI is InChI=1S/C15H12N2O3S/c1-18-10-4-2-9(3-5-10)16-15-17-11-6-12-13(20-8-19-12)7-14(11)21-15/h2-7H,8H2,1H3,(H,16,17). The van der Waals surface area contributed by atoms with Crippen LogP contribution in [-0.4, -0.2) is 18.9 Å². The number of nitrogens with zero attached hydrogens (tertiary/aromatic N) is 1. The fourth-order valence-electron chi connectivity index (χ4n) is 2.17. The normalized spacial score (nSPS) is 12.6. The number of ether oxygens (including phenoxy) is 3. The first-order valence-corrected chi connectivity index (χ1v) is 7.25. The Hall–Kier alpha value is -2.47. The maximum Gasteiger partial charge on any atom is 0.231 e. The molecule has 0 atom stereocenters. The summed E-state index contributed by atoms with van der Waals surface area (Å²) in [6.07, 6.45) is 0. The molecule has 6 heteroatoms. The Kier molecular flexibility index (Phi) is 2.82. The van der Waals surface area contributed by atoms with Crippen LogP contribution in [0.2, 0.25) is 0 Å². The van der Waals surface area contributed by atoms with Gasteiger partial charge < -0.3 is 19.5 Å². The molecule has 3 aromatic rings. The zero-order chi connectivity index (χ0) is 14.2. The van der Waals surface area contributed by atoms with Gasteiger partial charge >= 0.3 is 0 Å². The highest BCUT2D eigenvalue weighted by atomic mass is 32.1. The molecule has 5 nitrogen and oxygen atoms in total. The van der Waals surface area contributed by atoms with Crippen LogP contribution in [0.1, 0.15) is 0 Å². The minimum absolute atomic E-state index is 0.281. The molecule has 0 amide bonds. The summed E-state index contributed by atoms with van der Waals surface area (Å²) in [5.74, 6) is 2.36. The number of hydrogen-bond acceptors (Lipinski definition) is 6. The molecule has 0 aliphatic carbocycles. The van der Waals surface area contributed by atoms with Gasteiger partial charge in [-0.05, 0) is 24.3 Å². The molecule has 1 aliphatic rings. The van der Waals surface area contributed by atoms with Crippen molar-refractivity contribution in [2.45, 2.75) is 0 Å². The van der Waals surface area contributed by atoms with Crippen LogP contribution in [0.15, 0.2) is 36.4 Å². The van der Waals surface area contributed by atoms with Crippen molar-refractivity contribution < 1.29 is 14.2 Å². The first kappa shape index (κ1) is 12.3. The van der Waals surface area contributed by atoms with Crippen LogP contribution in [-0.2, 0) is 0 Å². The molecule has 0 saturated heterocycles. The number of nitrogens with one attached hydrogen (secondary N) is 1. The van der Waals surface area contributed by atoms with Crippen LogP contribution in [0.3, 0.4) is 0 Å². The third kappa shape index (κ3) is 2.23. The number of hydrogen-bond donors (Lipinski definition) is 1. The molecular weight excluding hydrogens is 288 g/mol. The molecule has 4 rings (SSSR count). The maximum absolute atomic E-state index is 5.38. The van der Waals surface area contributed by atoms with Gasteiger partial charge in [-0.15, -0.1) is 0 Å². The lowest BCUT2D eigenvalue weighted by atomic mass is 10.3. The van der Waals surface area contributed by atoms with E-state index in [9.17, 15) is 0 Å². The van der Waals surface area contributed by atoms with Crippen LogP contribution in [0, 0.1) is 0 Å². The molecule has 0 spiro atoms. The minimum atomic E-state index is 0.281. The summed E-state index contributed by atoms with van der Waals surface area (Å²) in [5.41, 5.74) is 1.87. The zero-order valence-electron chi connectivity index (χ0n) is 11.3. The first-order chi connectivity index (χ1) is 10.3. The summed E-state index contributed by atoms with van der Waals surface area (Å²) in [6.45, 7) is 0.281. The summed E-state index contributed by atoms with van der Waals surface area (Å²) >= 11 is 1.58. The Labute approximate surface area is 125 Å². The number of rotatable bonds is 3. The molecule has 106 valence electrons. The number of aromatic nitrogens is 1. The summed E-state index contributed by atoms with van der Waals surface area (Å²) in [4.78, 5) is 4.57. The maximum atomic E-state index is 5.38. The van der Waals surface area contributed by atoms with Crippen LogP contribution in [0.4, 0.5) is 10.8 Å². The predicted octanol–water partition coefficient (Wildman–Crippen LogP) is 3.78. The van der Waals surface area contributed by atoms with Crippen molar-refractivity contribution in [3.8, 4) is 17.2 Å². The zero-order valence-corrected chi connectivity index (χ0v) is 12.1. The van der Waals surface area contributed by atoms with Gasteiger partial charge in [-0.1, -0.05) is 11.3 Å². The highest BCUT2D eigenvalue weighted by molar-refractivity contribution is 7.22. The van der Waals surface area contributed by atoms with Gasteiger partial charge in [-0.3, -0.25) is 0 Å². The van der Waals surface area contributed by atoms with E-state index in [-0.39, 0.29) is 6.79 Å². The second kappa shape index (κ2) is 4.82. The topological polar surface area (TPSA) is 52.6 Å². The molecule has 21 heavy (non-hydrogen) atoms. The summed E-state index contributed by atoms with van der Waals surface area (Å²) in [7, 11) is 1.65. The van der Waals surface area contributed by atoms with Crippen molar-refractivity contribution in [1.29, 1.82) is 0 Å². The van der Waals surface area contributed by atoms with Gasteiger partial charge in [0.2, 0.25) is 6.79 Å². The van der Waals surface area contributed by atoms with Crippen LogP contribution in [0.25, 0.3) is 10.2 Å². The third-order valence-corrected chi connectivity index (χ3v) is 4.16. The number of methoxy groups -OCH3 is 1. The lowest BCUT2D eigenvalue weighted by molar-refractivity contribution is 0.174. The van der Waals surface area contributed by atoms with E-state index >= 15 is 0 Å². The van der Waals surface area contributed by atoms with Crippen molar-refractivity contribution in [2.75, 3.05) is 19.2 Å². The Bertz CT molecular complexity index is 758. The average molecular weight is 300 g/mol. The fourth-order valence-corrected chi connectivity index (χ4v) is 3.07. The van der Waals surface area contributed by atoms with Crippen molar-refractivity contribution >= 4 is 32.4 Å². The number of thiazole rings is 1. The van der Waals surface area contributed by atoms with Crippen molar-refractivity contribution in [3.63, 3.8) is 0 Å². The van der Waals surface area contributed by atoms with E-state index in [2.05, 4.69) is 10.3 Å². The molecule has 1 aliphatic heterocycles. The molecule has 0 bridgehead atoms. The number of fused-ring (bicyclic) bond motifs is 2. The Morgan fingerprint density at radius 2 is 1.90 bits per heavy atom. The highest BCUT2D eigenvalue weighted by Gasteiger charge is 2.16. The SMILES string of the molecule is COc1ccc(Nc2nc3cc4c(cc3s2)OCO4)cc1. The van der Waals surface area contributed by atoms with Gasteiger partial charge in [0.1, 0.15) is 5.75 Å². The van der Waals surface area contributed by atoms with Gasteiger partial charge in [0, 0.05) is 17.8 Å². The van der Waals surface area contributed by atoms with Crippen LogP contribution < -0.4 is 19.5 Å². The smallest absolute Gasteiger partial charge is 0.231 e. The molecule has 0 saturated carbocycles. The summed E-state index contributed by atoms with van der Waals surface area (Å²) in [6, 6.07) is 11.6. The second-order valence-corrected chi connectivity index (χ2v) is 5.58. The van der Waals surface area contributed by atoms with Gasteiger partial charge in [0.05, 0.1) is 17.3 Å². The minimum Gasteiger partial charge on any atom is -0.497 e. The molecule has 0 fully saturated rings. The van der Waals surface area contributed by atoms with E-state index in [4.69, 9.17) is 14.2 Å². The lowest BCUT2D eigenvalue weighted by Crippen LogP contribution is -1.92. The molecule has 1 N–H and O–H groups in total. The Balaban J connectivity index is 1.64. The van der Waals surface area contributed by atoms with Gasteiger partial charge in [0.25, 0.3) is 0 Å². The lowest BCUT2D eigenvalue weighted by Gasteiger charge is -2.03. The van der Waals surface area contributed by atoms with E-state index in [1.165, 1.54) is 0 Å². The van der Waals surface area contributed by atoms with Crippen molar-refractivity contribution in [1.82, 2.24) is 4.98 Å². The van der Waals surface area contributed by atoms with E-state index in [1.54, 1.807) is 18.4 Å². The predicted molar refractivity (Wildman–Crippen MR) is 82.0 cm³/mol. The van der Waals surface area contributed by atoms with Crippen molar-refractivity contribution in [3.05, 3.63) is 36.4 Å². The van der Waals surface area contributed by atoms with Crippen molar-refractivity contribution in [2.24, 2.45) is 0 Å². The van der Waals surface area contributed by atoms with E-state index in [1.807, 2.05) is 36.4 Å². The quantitative estimate of drug-likeness (QED) is 0.798. The molecule has 0 unspecified atom stereocenters. The fraction of sp³-hybridized carbons (Fsp3) is 0.133. The summed E-state index contributed by atoms with van der Waals surface area (Å²) in [5, 5.41) is 4.12. The van der Waals surface area contributed by atoms with E-state index in [0.717, 1.165) is 38.3 Å². The molecular formula is C15H12N2O3S. The van der Waals surface area contributed by atoms with E-state index in [0.29, 0.717) is 0 Å². The second-order valence-electron chi connectivity index (χ2n) is 4.55. The largest absolute Gasteiger partial charge is 0.497 e. The highest BCUT2D eigenvalue weighted by Crippen LogP contribution is 2.39. The van der Waals surface area contributed by atoms with E-state index < -0.39 is 0 Å². The number of anilines is 2. The Morgan fingerprint density at radius 3 is 2.67 bits per heavy atom. The molecule has 1 aromatic heterocycles. The Morgan fingerprint density at radius 1 is 1.14 bits per heavy atom.